The molecule has 0 saturated heterocycles. The fraction of sp³-hybridized carbons (Fsp3) is 0.333. The summed E-state index contributed by atoms with van der Waals surface area (Å²) in [6.45, 7) is 6.97. The molecule has 0 saturated carbocycles. The van der Waals surface area contributed by atoms with Crippen molar-refractivity contribution < 1.29 is 0 Å². The minimum atomic E-state index is 0.827. The average Bonchev–Trinajstić information content (AvgIpc) is 2.50. The highest BCUT2D eigenvalue weighted by molar-refractivity contribution is 5.16. The minimum absolute atomic E-state index is 0.827. The van der Waals surface area contributed by atoms with Gasteiger partial charge >= 0.3 is 0 Å². The molecule has 15 heavy (non-hydrogen) atoms. The molecule has 2 aromatic rings. The summed E-state index contributed by atoms with van der Waals surface area (Å²) in [6.07, 6.45) is 1.81. The second-order valence-corrected chi connectivity index (χ2v) is 3.80. The van der Waals surface area contributed by atoms with Crippen LogP contribution in [0, 0.1) is 20.8 Å². The average molecular weight is 201 g/mol. The van der Waals surface area contributed by atoms with Gasteiger partial charge in [-0.25, -0.2) is 9.97 Å². The van der Waals surface area contributed by atoms with Crippen LogP contribution >= 0.6 is 0 Å². The van der Waals surface area contributed by atoms with Crippen LogP contribution in [-0.2, 0) is 6.54 Å². The number of aryl methyl sites for hydroxylation is 3. The quantitative estimate of drug-likeness (QED) is 0.746. The highest BCUT2D eigenvalue weighted by Gasteiger charge is 2.02. The summed E-state index contributed by atoms with van der Waals surface area (Å²) in [5.74, 6) is 0.829. The molecular formula is C12H15N3. The summed E-state index contributed by atoms with van der Waals surface area (Å²) in [5, 5.41) is 0. The van der Waals surface area contributed by atoms with Gasteiger partial charge in [-0.2, -0.15) is 0 Å². The summed E-state index contributed by atoms with van der Waals surface area (Å²) in [7, 11) is 0. The predicted octanol–water partition coefficient (Wildman–Crippen LogP) is 2.25. The fourth-order valence-electron chi connectivity index (χ4n) is 1.70. The normalized spacial score (nSPS) is 10.6. The Morgan fingerprint density at radius 2 is 1.73 bits per heavy atom. The number of nitrogens with zero attached hydrogens (tertiary/aromatic N) is 3. The third kappa shape index (κ3) is 2.06. The lowest BCUT2D eigenvalue weighted by atomic mass is 10.3. The lowest BCUT2D eigenvalue weighted by Crippen LogP contribution is -2.06. The SMILES string of the molecule is Cc1nccc(Cn2c(C)ccc2C)n1. The van der Waals surface area contributed by atoms with Gasteiger partial charge in [0.25, 0.3) is 0 Å². The van der Waals surface area contributed by atoms with Crippen molar-refractivity contribution in [2.45, 2.75) is 27.3 Å². The maximum atomic E-state index is 4.40. The summed E-state index contributed by atoms with van der Waals surface area (Å²) in [6, 6.07) is 6.22. The molecule has 0 spiro atoms. The molecule has 0 aliphatic rings. The Morgan fingerprint density at radius 3 is 2.33 bits per heavy atom. The van der Waals surface area contributed by atoms with Gasteiger partial charge < -0.3 is 4.57 Å². The molecule has 78 valence electrons. The van der Waals surface area contributed by atoms with E-state index in [4.69, 9.17) is 0 Å². The first-order valence-corrected chi connectivity index (χ1v) is 5.08. The van der Waals surface area contributed by atoms with Crippen LogP contribution in [0.25, 0.3) is 0 Å². The van der Waals surface area contributed by atoms with Crippen LogP contribution in [0.1, 0.15) is 22.9 Å². The zero-order valence-corrected chi connectivity index (χ0v) is 9.36. The van der Waals surface area contributed by atoms with Crippen molar-refractivity contribution in [1.29, 1.82) is 0 Å². The van der Waals surface area contributed by atoms with Gasteiger partial charge in [-0.3, -0.25) is 0 Å². The summed E-state index contributed by atoms with van der Waals surface area (Å²) < 4.78 is 2.25. The molecule has 0 amide bonds. The van der Waals surface area contributed by atoms with Crippen LogP contribution in [0.2, 0.25) is 0 Å². The van der Waals surface area contributed by atoms with Crippen molar-refractivity contribution in [2.75, 3.05) is 0 Å². The summed E-state index contributed by atoms with van der Waals surface area (Å²) in [4.78, 5) is 8.49. The van der Waals surface area contributed by atoms with Gasteiger partial charge in [-0.05, 0) is 39.0 Å². The highest BCUT2D eigenvalue weighted by atomic mass is 15.0. The van der Waals surface area contributed by atoms with Crippen LogP contribution in [-0.4, -0.2) is 14.5 Å². The van der Waals surface area contributed by atoms with E-state index >= 15 is 0 Å². The standard InChI is InChI=1S/C12H15N3/c1-9-4-5-10(2)15(9)8-12-6-7-13-11(3)14-12/h4-7H,8H2,1-3H3. The fourth-order valence-corrected chi connectivity index (χ4v) is 1.70. The first-order valence-electron chi connectivity index (χ1n) is 5.08. The van der Waals surface area contributed by atoms with E-state index in [0.29, 0.717) is 0 Å². The Balaban J connectivity index is 2.29. The van der Waals surface area contributed by atoms with Crippen molar-refractivity contribution in [1.82, 2.24) is 14.5 Å². The van der Waals surface area contributed by atoms with Gasteiger partial charge in [-0.15, -0.1) is 0 Å². The molecule has 0 aromatic carbocycles. The molecule has 2 rings (SSSR count). The van der Waals surface area contributed by atoms with Crippen molar-refractivity contribution in [3.05, 3.63) is 47.3 Å². The topological polar surface area (TPSA) is 30.7 Å². The minimum Gasteiger partial charge on any atom is -0.343 e. The summed E-state index contributed by atoms with van der Waals surface area (Å²) >= 11 is 0. The number of aromatic nitrogens is 3. The van der Waals surface area contributed by atoms with Crippen molar-refractivity contribution in [3.63, 3.8) is 0 Å². The molecule has 0 fully saturated rings. The molecule has 3 heteroatoms. The van der Waals surface area contributed by atoms with Gasteiger partial charge in [-0.1, -0.05) is 0 Å². The van der Waals surface area contributed by atoms with Gasteiger partial charge in [0, 0.05) is 17.6 Å². The second-order valence-electron chi connectivity index (χ2n) is 3.80. The number of hydrogen-bond donors (Lipinski definition) is 0. The van der Waals surface area contributed by atoms with Crippen LogP contribution in [0.5, 0.6) is 0 Å². The third-order valence-corrected chi connectivity index (χ3v) is 2.57. The van der Waals surface area contributed by atoms with E-state index in [2.05, 4.69) is 40.5 Å². The van der Waals surface area contributed by atoms with E-state index < -0.39 is 0 Å². The third-order valence-electron chi connectivity index (χ3n) is 2.57. The zero-order valence-electron chi connectivity index (χ0n) is 9.36. The van der Waals surface area contributed by atoms with Crippen molar-refractivity contribution >= 4 is 0 Å². The Labute approximate surface area is 89.8 Å². The van der Waals surface area contributed by atoms with E-state index in [0.717, 1.165) is 18.1 Å². The molecule has 2 heterocycles. The molecule has 0 unspecified atom stereocenters. The van der Waals surface area contributed by atoms with Crippen LogP contribution in [0.3, 0.4) is 0 Å². The van der Waals surface area contributed by atoms with E-state index in [1.807, 2.05) is 19.2 Å². The van der Waals surface area contributed by atoms with Gasteiger partial charge in [0.2, 0.25) is 0 Å². The maximum absolute atomic E-state index is 4.40. The van der Waals surface area contributed by atoms with E-state index in [-0.39, 0.29) is 0 Å². The van der Waals surface area contributed by atoms with Crippen LogP contribution in [0.15, 0.2) is 24.4 Å². The molecule has 0 radical (unpaired) electrons. The molecule has 0 aliphatic carbocycles. The second kappa shape index (κ2) is 3.85. The smallest absolute Gasteiger partial charge is 0.125 e. The molecular weight excluding hydrogens is 186 g/mol. The zero-order chi connectivity index (χ0) is 10.8. The van der Waals surface area contributed by atoms with Crippen molar-refractivity contribution in [2.24, 2.45) is 0 Å². The Morgan fingerprint density at radius 1 is 1.07 bits per heavy atom. The highest BCUT2D eigenvalue weighted by Crippen LogP contribution is 2.09. The number of rotatable bonds is 2. The molecule has 0 bridgehead atoms. The van der Waals surface area contributed by atoms with E-state index in [1.165, 1.54) is 11.4 Å². The first kappa shape index (κ1) is 9.90. The number of hydrogen-bond acceptors (Lipinski definition) is 2. The van der Waals surface area contributed by atoms with Crippen molar-refractivity contribution in [3.8, 4) is 0 Å². The van der Waals surface area contributed by atoms with Gasteiger partial charge in [0.15, 0.2) is 0 Å². The largest absolute Gasteiger partial charge is 0.343 e. The molecule has 3 nitrogen and oxygen atoms in total. The molecule has 2 aromatic heterocycles. The van der Waals surface area contributed by atoms with Gasteiger partial charge in [0.1, 0.15) is 5.82 Å². The molecule has 0 N–H and O–H groups in total. The van der Waals surface area contributed by atoms with E-state index in [9.17, 15) is 0 Å². The maximum Gasteiger partial charge on any atom is 0.125 e. The monoisotopic (exact) mass is 201 g/mol. The lowest BCUT2D eigenvalue weighted by molar-refractivity contribution is 0.723. The van der Waals surface area contributed by atoms with Crippen LogP contribution in [0.4, 0.5) is 0 Å². The lowest BCUT2D eigenvalue weighted by Gasteiger charge is -2.08. The Hall–Kier alpha value is -1.64. The molecule has 0 atom stereocenters. The first-order chi connectivity index (χ1) is 7.16. The van der Waals surface area contributed by atoms with E-state index in [1.54, 1.807) is 0 Å². The Bertz CT molecular complexity index is 452. The molecule has 0 aliphatic heterocycles. The Kier molecular flexibility index (Phi) is 2.54. The summed E-state index contributed by atoms with van der Waals surface area (Å²) in [5.41, 5.74) is 3.59. The predicted molar refractivity (Wildman–Crippen MR) is 59.8 cm³/mol. The van der Waals surface area contributed by atoms with Gasteiger partial charge in [0.05, 0.1) is 12.2 Å². The van der Waals surface area contributed by atoms with Crippen LogP contribution < -0.4 is 0 Å².